The predicted octanol–water partition coefficient (Wildman–Crippen LogP) is 3.37. The number of hydrogen-bond donors (Lipinski definition) is 2. The summed E-state index contributed by atoms with van der Waals surface area (Å²) in [6.45, 7) is 5.09. The molecule has 0 spiro atoms. The Hall–Kier alpha value is -2.13. The molecule has 2 aromatic rings. The Labute approximate surface area is 126 Å². The molecule has 0 atom stereocenters. The lowest BCUT2D eigenvalue weighted by Crippen LogP contribution is -2.21. The second-order valence-corrected chi connectivity index (χ2v) is 5.44. The van der Waals surface area contributed by atoms with E-state index in [-0.39, 0.29) is 5.91 Å². The second kappa shape index (κ2) is 7.60. The van der Waals surface area contributed by atoms with E-state index in [4.69, 9.17) is 0 Å². The fourth-order valence-corrected chi connectivity index (χ4v) is 2.01. The van der Waals surface area contributed by atoms with Crippen LogP contribution in [0.3, 0.4) is 0 Å². The Bertz CT molecular complexity index is 562. The van der Waals surface area contributed by atoms with Gasteiger partial charge >= 0.3 is 0 Å². The minimum absolute atomic E-state index is 0.00857. The molecule has 0 aliphatic carbocycles. The van der Waals surface area contributed by atoms with Gasteiger partial charge in [0.05, 0.1) is 6.42 Å². The Balaban J connectivity index is 1.86. The summed E-state index contributed by atoms with van der Waals surface area (Å²) in [7, 11) is 0. The molecule has 0 saturated heterocycles. The summed E-state index contributed by atoms with van der Waals surface area (Å²) in [5, 5.41) is 6.29. The normalized spacial score (nSPS) is 10.6. The molecule has 3 nitrogen and oxygen atoms in total. The Kier molecular flexibility index (Phi) is 5.52. The van der Waals surface area contributed by atoms with Crippen molar-refractivity contribution in [3.63, 3.8) is 0 Å². The van der Waals surface area contributed by atoms with Crippen LogP contribution in [-0.4, -0.2) is 11.9 Å². The van der Waals surface area contributed by atoms with Crippen molar-refractivity contribution in [3.8, 4) is 0 Å². The average Bonchev–Trinajstić information content (AvgIpc) is 2.47. The maximum absolute atomic E-state index is 12.0. The molecule has 2 N–H and O–H groups in total. The van der Waals surface area contributed by atoms with Gasteiger partial charge < -0.3 is 10.6 Å². The Morgan fingerprint density at radius 3 is 2.24 bits per heavy atom. The van der Waals surface area contributed by atoms with Crippen molar-refractivity contribution in [2.24, 2.45) is 0 Å². The molecule has 0 aliphatic rings. The van der Waals surface area contributed by atoms with E-state index in [0.717, 1.165) is 17.8 Å². The highest BCUT2D eigenvalue weighted by Gasteiger charge is 2.04. The van der Waals surface area contributed by atoms with Crippen molar-refractivity contribution in [1.29, 1.82) is 0 Å². The zero-order valence-electron chi connectivity index (χ0n) is 12.6. The van der Waals surface area contributed by atoms with Crippen molar-refractivity contribution in [1.82, 2.24) is 5.32 Å². The van der Waals surface area contributed by atoms with Gasteiger partial charge in [0.1, 0.15) is 0 Å². The zero-order chi connectivity index (χ0) is 15.1. The molecule has 0 saturated carbocycles. The summed E-state index contributed by atoms with van der Waals surface area (Å²) < 4.78 is 0. The zero-order valence-corrected chi connectivity index (χ0v) is 12.6. The number of carbonyl (C=O) groups excluding carboxylic acids is 1. The number of amides is 1. The summed E-state index contributed by atoms with van der Waals surface area (Å²) in [4.78, 5) is 12.0. The molecule has 0 unspecified atom stereocenters. The lowest BCUT2D eigenvalue weighted by molar-refractivity contribution is -0.115. The minimum atomic E-state index is 0.00857. The molecule has 0 aromatic heterocycles. The van der Waals surface area contributed by atoms with Gasteiger partial charge in [0, 0.05) is 18.3 Å². The van der Waals surface area contributed by atoms with Crippen molar-refractivity contribution in [2.45, 2.75) is 32.9 Å². The number of nitrogens with one attached hydrogen (secondary N) is 2. The van der Waals surface area contributed by atoms with Crippen LogP contribution in [-0.2, 0) is 17.8 Å². The quantitative estimate of drug-likeness (QED) is 0.853. The molecule has 0 bridgehead atoms. The van der Waals surface area contributed by atoms with Gasteiger partial charge in [0.15, 0.2) is 0 Å². The van der Waals surface area contributed by atoms with Gasteiger partial charge in [0.2, 0.25) is 5.91 Å². The summed E-state index contributed by atoms with van der Waals surface area (Å²) >= 11 is 0. The van der Waals surface area contributed by atoms with Crippen molar-refractivity contribution < 1.29 is 4.79 Å². The molecule has 0 heterocycles. The van der Waals surface area contributed by atoms with E-state index in [2.05, 4.69) is 24.5 Å². The van der Waals surface area contributed by atoms with Crippen LogP contribution in [0.5, 0.6) is 0 Å². The van der Waals surface area contributed by atoms with E-state index in [1.165, 1.54) is 5.56 Å². The molecule has 0 aliphatic heterocycles. The monoisotopic (exact) mass is 282 g/mol. The first-order valence-corrected chi connectivity index (χ1v) is 7.29. The highest BCUT2D eigenvalue weighted by Crippen LogP contribution is 2.10. The molecule has 1 amide bonds. The van der Waals surface area contributed by atoms with Crippen LogP contribution in [0.1, 0.15) is 25.0 Å². The predicted molar refractivity (Wildman–Crippen MR) is 87.2 cm³/mol. The van der Waals surface area contributed by atoms with Crippen molar-refractivity contribution >= 4 is 11.6 Å². The van der Waals surface area contributed by atoms with Gasteiger partial charge in [-0.2, -0.15) is 0 Å². The first kappa shape index (κ1) is 15.3. The number of carbonyl (C=O) groups is 1. The van der Waals surface area contributed by atoms with Gasteiger partial charge in [-0.3, -0.25) is 4.79 Å². The maximum atomic E-state index is 12.0. The van der Waals surface area contributed by atoms with Gasteiger partial charge in [-0.05, 0) is 23.3 Å². The van der Waals surface area contributed by atoms with Crippen molar-refractivity contribution in [3.05, 3.63) is 65.7 Å². The Morgan fingerprint density at radius 1 is 0.952 bits per heavy atom. The van der Waals surface area contributed by atoms with Crippen LogP contribution in [0, 0.1) is 0 Å². The molecule has 110 valence electrons. The fraction of sp³-hybridized carbons (Fsp3) is 0.278. The fourth-order valence-electron chi connectivity index (χ4n) is 2.01. The van der Waals surface area contributed by atoms with Gasteiger partial charge in [0.25, 0.3) is 0 Å². The summed E-state index contributed by atoms with van der Waals surface area (Å²) in [6.07, 6.45) is 0.400. The summed E-state index contributed by atoms with van der Waals surface area (Å²) in [5.41, 5.74) is 3.07. The highest BCUT2D eigenvalue weighted by molar-refractivity contribution is 5.92. The Morgan fingerprint density at radius 2 is 1.62 bits per heavy atom. The number of benzene rings is 2. The lowest BCUT2D eigenvalue weighted by atomic mass is 10.1. The van der Waals surface area contributed by atoms with Crippen molar-refractivity contribution in [2.75, 3.05) is 5.32 Å². The summed E-state index contributed by atoms with van der Waals surface area (Å²) in [5.74, 6) is 0.00857. The molecule has 3 heteroatoms. The first-order chi connectivity index (χ1) is 10.1. The van der Waals surface area contributed by atoms with E-state index >= 15 is 0 Å². The average molecular weight is 282 g/mol. The molecule has 2 rings (SSSR count). The van der Waals surface area contributed by atoms with E-state index in [9.17, 15) is 4.79 Å². The highest BCUT2D eigenvalue weighted by atomic mass is 16.1. The molecular weight excluding hydrogens is 260 g/mol. The van der Waals surface area contributed by atoms with Gasteiger partial charge in [-0.15, -0.1) is 0 Å². The SMILES string of the molecule is CC(C)NCc1ccc(NC(=O)Cc2ccccc2)cc1. The standard InChI is InChI=1S/C18H22N2O/c1-14(2)19-13-16-8-10-17(11-9-16)20-18(21)12-15-6-4-3-5-7-15/h3-11,14,19H,12-13H2,1-2H3,(H,20,21). The van der Waals surface area contributed by atoms with Gasteiger partial charge in [-0.25, -0.2) is 0 Å². The lowest BCUT2D eigenvalue weighted by Gasteiger charge is -2.09. The third-order valence-corrected chi connectivity index (χ3v) is 3.16. The van der Waals surface area contributed by atoms with Crippen LogP contribution in [0.15, 0.2) is 54.6 Å². The first-order valence-electron chi connectivity index (χ1n) is 7.29. The van der Waals surface area contributed by atoms with Crippen LogP contribution in [0.25, 0.3) is 0 Å². The third kappa shape index (κ3) is 5.40. The maximum Gasteiger partial charge on any atom is 0.228 e. The second-order valence-electron chi connectivity index (χ2n) is 5.44. The van der Waals surface area contributed by atoms with Gasteiger partial charge in [-0.1, -0.05) is 56.3 Å². The van der Waals surface area contributed by atoms with Crippen LogP contribution < -0.4 is 10.6 Å². The van der Waals surface area contributed by atoms with E-state index in [1.807, 2.05) is 54.6 Å². The topological polar surface area (TPSA) is 41.1 Å². The molecule has 0 fully saturated rings. The molecule has 0 radical (unpaired) electrons. The number of rotatable bonds is 6. The van der Waals surface area contributed by atoms with Crippen LogP contribution in [0.2, 0.25) is 0 Å². The number of anilines is 1. The van der Waals surface area contributed by atoms with E-state index in [0.29, 0.717) is 12.5 Å². The molecule has 21 heavy (non-hydrogen) atoms. The molecule has 2 aromatic carbocycles. The van der Waals surface area contributed by atoms with E-state index < -0.39 is 0 Å². The minimum Gasteiger partial charge on any atom is -0.326 e. The summed E-state index contributed by atoms with van der Waals surface area (Å²) in [6, 6.07) is 18.2. The largest absolute Gasteiger partial charge is 0.326 e. The third-order valence-electron chi connectivity index (χ3n) is 3.16. The smallest absolute Gasteiger partial charge is 0.228 e. The van der Waals surface area contributed by atoms with E-state index in [1.54, 1.807) is 0 Å². The van der Waals surface area contributed by atoms with Crippen LogP contribution >= 0.6 is 0 Å². The molecular formula is C18H22N2O. The van der Waals surface area contributed by atoms with Crippen LogP contribution in [0.4, 0.5) is 5.69 Å². The number of hydrogen-bond acceptors (Lipinski definition) is 2.